The van der Waals surface area contributed by atoms with Gasteiger partial charge in [-0.05, 0) is 86.2 Å². The van der Waals surface area contributed by atoms with Crippen molar-refractivity contribution in [1.82, 2.24) is 20.0 Å². The minimum absolute atomic E-state index is 0.0290. The van der Waals surface area contributed by atoms with Crippen molar-refractivity contribution >= 4 is 29.8 Å². The molecule has 6 aliphatic heterocycles. The zero-order valence-corrected chi connectivity index (χ0v) is 25.9. The highest BCUT2D eigenvalue weighted by atomic mass is 16.6. The van der Waals surface area contributed by atoms with Gasteiger partial charge < -0.3 is 34.2 Å². The Balaban J connectivity index is 0.000000180. The molecule has 0 bridgehead atoms. The van der Waals surface area contributed by atoms with Crippen molar-refractivity contribution in [3.05, 3.63) is 23.5 Å². The van der Waals surface area contributed by atoms with Crippen LogP contribution in [0.3, 0.4) is 0 Å². The molecule has 4 saturated heterocycles. The van der Waals surface area contributed by atoms with Gasteiger partial charge in [0.05, 0.1) is 22.2 Å². The molecule has 0 aromatic heterocycles. The van der Waals surface area contributed by atoms with Crippen LogP contribution in [0.1, 0.15) is 73.1 Å². The van der Waals surface area contributed by atoms with Crippen LogP contribution in [0.5, 0.6) is 0 Å². The number of cyclic esters (lactones) is 2. The largest absolute Gasteiger partial charge is 0.456 e. The van der Waals surface area contributed by atoms with E-state index in [4.69, 9.17) is 14.2 Å². The Morgan fingerprint density at radius 3 is 1.65 bits per heavy atom. The molecule has 0 saturated carbocycles. The summed E-state index contributed by atoms with van der Waals surface area (Å²) >= 11 is 0. The van der Waals surface area contributed by atoms with Gasteiger partial charge in [-0.25, -0.2) is 14.4 Å². The third kappa shape index (κ3) is 6.16. The zero-order valence-electron chi connectivity index (χ0n) is 25.9. The summed E-state index contributed by atoms with van der Waals surface area (Å²) in [5, 5.41) is 3.30. The standard InChI is InChI=1S/C18H26N2O5.C13H18N2O3/c1-12-10-18(15(22)20(12)13-9-14(21)24-11-13)5-7-19(8-6-18)16(23)25-17(2,3)4;1-9-7-13(2-4-14-5-3-13)12(17)15(9)10-6-11(16)18-8-10/h9,12H,5-8,10-11H2,1-4H3;6,9,14H,2-5,7-8H2,1H3/t12-;9-/m00/s1. The summed E-state index contributed by atoms with van der Waals surface area (Å²) in [5.74, 6) is -0.499. The van der Waals surface area contributed by atoms with Crippen LogP contribution >= 0.6 is 0 Å². The Hall–Kier alpha value is -3.41. The molecule has 0 radical (unpaired) electrons. The summed E-state index contributed by atoms with van der Waals surface area (Å²) in [6.07, 6.45) is 7.19. The predicted octanol–water partition coefficient (Wildman–Crippen LogP) is 2.48. The minimum Gasteiger partial charge on any atom is -0.456 e. The fourth-order valence-electron chi connectivity index (χ4n) is 7.42. The molecule has 12 nitrogen and oxygen atoms in total. The first-order valence-electron chi connectivity index (χ1n) is 15.3. The fraction of sp³-hybridized carbons (Fsp3) is 0.710. The van der Waals surface area contributed by atoms with E-state index in [-0.39, 0.29) is 54.6 Å². The lowest BCUT2D eigenvalue weighted by Gasteiger charge is -2.38. The van der Waals surface area contributed by atoms with Crippen molar-refractivity contribution in [3.63, 3.8) is 0 Å². The number of carbonyl (C=O) groups excluding carboxylic acids is 5. The smallest absolute Gasteiger partial charge is 0.410 e. The van der Waals surface area contributed by atoms with Crippen molar-refractivity contribution in [2.24, 2.45) is 10.8 Å². The van der Waals surface area contributed by atoms with E-state index in [2.05, 4.69) is 12.2 Å². The number of piperidine rings is 2. The quantitative estimate of drug-likeness (QED) is 0.375. The van der Waals surface area contributed by atoms with Crippen molar-refractivity contribution in [2.75, 3.05) is 39.4 Å². The first-order valence-corrected chi connectivity index (χ1v) is 15.3. The van der Waals surface area contributed by atoms with Gasteiger partial charge in [-0.2, -0.15) is 0 Å². The number of likely N-dealkylation sites (tertiary alicyclic amines) is 3. The van der Waals surface area contributed by atoms with Crippen molar-refractivity contribution in [2.45, 2.75) is 90.8 Å². The van der Waals surface area contributed by atoms with Gasteiger partial charge in [0.1, 0.15) is 18.8 Å². The van der Waals surface area contributed by atoms with Crippen LogP contribution in [0, 0.1) is 10.8 Å². The first-order chi connectivity index (χ1) is 20.2. The average Bonchev–Trinajstić information content (AvgIpc) is 3.66. The topological polar surface area (TPSA) is 135 Å². The summed E-state index contributed by atoms with van der Waals surface area (Å²) in [4.78, 5) is 65.6. The van der Waals surface area contributed by atoms with E-state index in [0.29, 0.717) is 31.6 Å². The van der Waals surface area contributed by atoms with E-state index in [9.17, 15) is 24.0 Å². The summed E-state index contributed by atoms with van der Waals surface area (Å²) < 4.78 is 15.3. The van der Waals surface area contributed by atoms with Crippen LogP contribution in [-0.2, 0) is 33.4 Å². The van der Waals surface area contributed by atoms with E-state index in [1.54, 1.807) is 14.7 Å². The normalized spacial score (nSPS) is 28.1. The SMILES string of the molecule is C[C@H]1CC2(CCN(C(=O)OC(C)(C)C)CC2)C(=O)N1C1=CC(=O)OC1.C[C@H]1CC2(CCNCC2)C(=O)N1C1=CC(=O)OC1. The van der Waals surface area contributed by atoms with Gasteiger partial charge in [0.25, 0.3) is 0 Å². The molecule has 2 atom stereocenters. The second kappa shape index (κ2) is 11.6. The molecule has 43 heavy (non-hydrogen) atoms. The molecular weight excluding hydrogens is 556 g/mol. The number of nitrogens with one attached hydrogen (secondary N) is 1. The second-order valence-corrected chi connectivity index (χ2v) is 13.7. The van der Waals surface area contributed by atoms with Crippen LogP contribution in [0.4, 0.5) is 4.79 Å². The van der Waals surface area contributed by atoms with E-state index in [1.807, 2.05) is 27.7 Å². The lowest BCUT2D eigenvalue weighted by atomic mass is 9.76. The monoisotopic (exact) mass is 600 g/mol. The van der Waals surface area contributed by atoms with Crippen LogP contribution in [-0.4, -0.2) is 102 Å². The molecule has 2 spiro atoms. The number of ether oxygens (including phenoxy) is 3. The second-order valence-electron chi connectivity index (χ2n) is 13.7. The molecule has 12 heteroatoms. The van der Waals surface area contributed by atoms with Crippen molar-refractivity contribution < 1.29 is 38.2 Å². The third-order valence-electron chi connectivity index (χ3n) is 9.44. The summed E-state index contributed by atoms with van der Waals surface area (Å²) in [6, 6.07) is 0.192. The van der Waals surface area contributed by atoms with E-state index in [1.165, 1.54) is 12.2 Å². The number of esters is 2. The molecule has 6 rings (SSSR count). The Morgan fingerprint density at radius 1 is 0.814 bits per heavy atom. The van der Waals surface area contributed by atoms with Gasteiger partial charge in [-0.3, -0.25) is 9.59 Å². The van der Waals surface area contributed by atoms with Crippen molar-refractivity contribution in [1.29, 1.82) is 0 Å². The highest BCUT2D eigenvalue weighted by Crippen LogP contribution is 2.47. The number of amides is 3. The lowest BCUT2D eigenvalue weighted by Crippen LogP contribution is -2.47. The molecule has 4 fully saturated rings. The number of rotatable bonds is 2. The molecule has 1 N–H and O–H groups in total. The number of hydrogen-bond acceptors (Lipinski definition) is 9. The van der Waals surface area contributed by atoms with Crippen LogP contribution < -0.4 is 5.32 Å². The number of nitrogens with zero attached hydrogens (tertiary/aromatic N) is 3. The number of carbonyl (C=O) groups is 5. The summed E-state index contributed by atoms with van der Waals surface area (Å²) in [7, 11) is 0. The van der Waals surface area contributed by atoms with Crippen LogP contribution in [0.2, 0.25) is 0 Å². The van der Waals surface area contributed by atoms with Gasteiger partial charge in [0.15, 0.2) is 0 Å². The molecule has 0 unspecified atom stereocenters. The fourth-order valence-corrected chi connectivity index (χ4v) is 7.42. The van der Waals surface area contributed by atoms with Gasteiger partial charge in [0.2, 0.25) is 11.8 Å². The van der Waals surface area contributed by atoms with Gasteiger partial charge in [-0.15, -0.1) is 0 Å². The third-order valence-corrected chi connectivity index (χ3v) is 9.44. The van der Waals surface area contributed by atoms with Gasteiger partial charge in [-0.1, -0.05) is 0 Å². The van der Waals surface area contributed by atoms with Crippen LogP contribution in [0.15, 0.2) is 23.5 Å². The zero-order chi connectivity index (χ0) is 31.2. The maximum Gasteiger partial charge on any atom is 0.410 e. The molecule has 6 heterocycles. The molecule has 0 aromatic carbocycles. The van der Waals surface area contributed by atoms with E-state index in [0.717, 1.165) is 44.5 Å². The highest BCUT2D eigenvalue weighted by Gasteiger charge is 2.54. The van der Waals surface area contributed by atoms with E-state index < -0.39 is 17.0 Å². The molecule has 236 valence electrons. The Kier molecular flexibility index (Phi) is 8.36. The maximum absolute atomic E-state index is 13.1. The Labute approximate surface area is 252 Å². The van der Waals surface area contributed by atoms with Gasteiger partial charge >= 0.3 is 18.0 Å². The number of hydrogen-bond donors (Lipinski definition) is 1. The molecule has 0 aliphatic carbocycles. The molecular formula is C31H44N4O8. The lowest BCUT2D eigenvalue weighted by molar-refractivity contribution is -0.138. The summed E-state index contributed by atoms with van der Waals surface area (Å²) in [6.45, 7) is 12.8. The Bertz CT molecular complexity index is 1240. The van der Waals surface area contributed by atoms with E-state index >= 15 is 0 Å². The minimum atomic E-state index is -0.526. The molecule has 0 aromatic rings. The molecule has 6 aliphatic rings. The highest BCUT2D eigenvalue weighted by molar-refractivity contribution is 5.92. The Morgan fingerprint density at radius 2 is 1.26 bits per heavy atom. The average molecular weight is 601 g/mol. The maximum atomic E-state index is 13.1. The van der Waals surface area contributed by atoms with Crippen molar-refractivity contribution in [3.8, 4) is 0 Å². The van der Waals surface area contributed by atoms with Crippen LogP contribution in [0.25, 0.3) is 0 Å². The summed E-state index contributed by atoms with van der Waals surface area (Å²) in [5.41, 5.74) is 0.186. The molecule has 3 amide bonds. The first kappa shape index (κ1) is 31.0. The van der Waals surface area contributed by atoms with Gasteiger partial charge in [0, 0.05) is 37.3 Å². The predicted molar refractivity (Wildman–Crippen MR) is 154 cm³/mol.